The van der Waals surface area contributed by atoms with E-state index in [-0.39, 0.29) is 11.6 Å². The average molecular weight is 305 g/mol. The molecular weight excluding hydrogens is 282 g/mol. The van der Waals surface area contributed by atoms with Crippen LogP contribution in [0.2, 0.25) is 0 Å². The van der Waals surface area contributed by atoms with Crippen LogP contribution in [-0.2, 0) is 0 Å². The second kappa shape index (κ2) is 6.43. The Morgan fingerprint density at radius 1 is 1.33 bits per heavy atom. The van der Waals surface area contributed by atoms with E-state index in [1.54, 1.807) is 0 Å². The molecule has 0 aliphatic heterocycles. The van der Waals surface area contributed by atoms with Crippen LogP contribution < -0.4 is 10.9 Å². The molecule has 0 fully saturated rings. The third-order valence-corrected chi connectivity index (χ3v) is 4.32. The van der Waals surface area contributed by atoms with Gasteiger partial charge in [0.05, 0.1) is 11.3 Å². The number of rotatable bonds is 5. The van der Waals surface area contributed by atoms with Crippen LogP contribution in [0.1, 0.15) is 45.9 Å². The Kier molecular flexibility index (Phi) is 4.83. The van der Waals surface area contributed by atoms with Gasteiger partial charge in [-0.05, 0) is 46.2 Å². The molecule has 0 amide bonds. The molecule has 5 heteroatoms. The van der Waals surface area contributed by atoms with Crippen molar-refractivity contribution in [3.63, 3.8) is 0 Å². The predicted molar refractivity (Wildman–Crippen MR) is 90.3 cm³/mol. The third kappa shape index (κ3) is 3.35. The third-order valence-electron chi connectivity index (χ3n) is 3.54. The molecular formula is C16H23N3OS. The number of anilines is 1. The van der Waals surface area contributed by atoms with E-state index in [9.17, 15) is 4.79 Å². The van der Waals surface area contributed by atoms with Crippen LogP contribution in [0.4, 0.5) is 5.13 Å². The summed E-state index contributed by atoms with van der Waals surface area (Å²) >= 11 is 1.54. The molecule has 2 aromatic heterocycles. The van der Waals surface area contributed by atoms with Crippen LogP contribution >= 0.6 is 11.3 Å². The number of hydrogen-bond donors (Lipinski definition) is 1. The monoisotopic (exact) mass is 305 g/mol. The summed E-state index contributed by atoms with van der Waals surface area (Å²) in [6.45, 7) is 10.3. The molecule has 0 radical (unpaired) electrons. The summed E-state index contributed by atoms with van der Waals surface area (Å²) in [4.78, 5) is 17.3. The zero-order valence-corrected chi connectivity index (χ0v) is 14.1. The predicted octanol–water partition coefficient (Wildman–Crippen LogP) is 4.07. The lowest BCUT2D eigenvalue weighted by Gasteiger charge is -2.17. The van der Waals surface area contributed by atoms with E-state index in [2.05, 4.69) is 38.0 Å². The van der Waals surface area contributed by atoms with E-state index in [0.717, 1.165) is 22.9 Å². The smallest absolute Gasteiger partial charge is 0.260 e. The Bertz CT molecular complexity index is 672. The van der Waals surface area contributed by atoms with Gasteiger partial charge in [0.1, 0.15) is 0 Å². The van der Waals surface area contributed by atoms with Crippen molar-refractivity contribution in [3.8, 4) is 11.3 Å². The number of hydrogen-bond acceptors (Lipinski definition) is 4. The minimum absolute atomic E-state index is 0.0470. The largest absolute Gasteiger partial charge is 0.359 e. The normalized spacial score (nSPS) is 12.7. The van der Waals surface area contributed by atoms with Gasteiger partial charge in [0.25, 0.3) is 5.56 Å². The lowest BCUT2D eigenvalue weighted by atomic mass is 10.1. The Morgan fingerprint density at radius 2 is 2.05 bits per heavy atom. The summed E-state index contributed by atoms with van der Waals surface area (Å²) in [6.07, 6.45) is 0.932. The van der Waals surface area contributed by atoms with Crippen LogP contribution in [-0.4, -0.2) is 15.6 Å². The molecule has 2 heterocycles. The van der Waals surface area contributed by atoms with E-state index in [1.165, 1.54) is 11.3 Å². The molecule has 21 heavy (non-hydrogen) atoms. The number of nitrogens with one attached hydrogen (secondary N) is 1. The fraction of sp³-hybridized carbons (Fsp3) is 0.500. The molecule has 4 nitrogen and oxygen atoms in total. The Balaban J connectivity index is 2.45. The van der Waals surface area contributed by atoms with E-state index in [4.69, 9.17) is 0 Å². The van der Waals surface area contributed by atoms with Crippen LogP contribution in [0.5, 0.6) is 0 Å². The van der Waals surface area contributed by atoms with Crippen LogP contribution in [0.25, 0.3) is 11.3 Å². The van der Waals surface area contributed by atoms with Crippen molar-refractivity contribution < 1.29 is 0 Å². The molecule has 0 aliphatic carbocycles. The van der Waals surface area contributed by atoms with Gasteiger partial charge in [0.15, 0.2) is 5.13 Å². The zero-order chi connectivity index (χ0) is 15.6. The second-order valence-corrected chi connectivity index (χ2v) is 6.52. The molecule has 2 aromatic rings. The van der Waals surface area contributed by atoms with Gasteiger partial charge in [-0.3, -0.25) is 4.79 Å². The lowest BCUT2D eigenvalue weighted by Crippen LogP contribution is -2.26. The molecule has 0 aliphatic rings. The first-order valence-corrected chi connectivity index (χ1v) is 8.26. The molecule has 1 N–H and O–H groups in total. The summed E-state index contributed by atoms with van der Waals surface area (Å²) in [5, 5.41) is 6.07. The highest BCUT2D eigenvalue weighted by atomic mass is 32.1. The van der Waals surface area contributed by atoms with Crippen molar-refractivity contribution in [1.29, 1.82) is 0 Å². The minimum atomic E-state index is 0.0470. The van der Waals surface area contributed by atoms with Gasteiger partial charge in [-0.25, -0.2) is 4.98 Å². The lowest BCUT2D eigenvalue weighted by molar-refractivity contribution is 0.503. The summed E-state index contributed by atoms with van der Waals surface area (Å²) in [6, 6.07) is 4.41. The Morgan fingerprint density at radius 3 is 2.67 bits per heavy atom. The number of nitrogens with zero attached hydrogens (tertiary/aromatic N) is 2. The molecule has 0 bridgehead atoms. The Hall–Kier alpha value is -1.62. The molecule has 0 saturated heterocycles. The second-order valence-electron chi connectivity index (χ2n) is 5.66. The summed E-state index contributed by atoms with van der Waals surface area (Å²) in [5.74, 6) is 0. The number of aryl methyl sites for hydroxylation is 1. The first-order valence-electron chi connectivity index (χ1n) is 7.38. The van der Waals surface area contributed by atoms with Gasteiger partial charge in [-0.2, -0.15) is 0 Å². The average Bonchev–Trinajstić information content (AvgIpc) is 2.85. The topological polar surface area (TPSA) is 46.9 Å². The van der Waals surface area contributed by atoms with E-state index in [0.29, 0.717) is 11.6 Å². The SMILES string of the molecule is CCC(C)n1c(C)ccc(-c2csc(NC(C)C)n2)c1=O. The van der Waals surface area contributed by atoms with Crippen molar-refractivity contribution >= 4 is 16.5 Å². The quantitative estimate of drug-likeness (QED) is 0.905. The van der Waals surface area contributed by atoms with Gasteiger partial charge in [0, 0.05) is 23.2 Å². The van der Waals surface area contributed by atoms with Gasteiger partial charge in [-0.15, -0.1) is 11.3 Å². The summed E-state index contributed by atoms with van der Waals surface area (Å²) in [7, 11) is 0. The maximum Gasteiger partial charge on any atom is 0.260 e. The molecule has 0 saturated carbocycles. The van der Waals surface area contributed by atoms with Crippen molar-refractivity contribution in [2.24, 2.45) is 0 Å². The minimum Gasteiger partial charge on any atom is -0.359 e. The van der Waals surface area contributed by atoms with Crippen molar-refractivity contribution in [3.05, 3.63) is 33.6 Å². The Labute approximate surface area is 129 Å². The van der Waals surface area contributed by atoms with Crippen LogP contribution in [0, 0.1) is 6.92 Å². The van der Waals surface area contributed by atoms with E-state index < -0.39 is 0 Å². The molecule has 1 unspecified atom stereocenters. The molecule has 2 rings (SSSR count). The number of pyridine rings is 1. The maximum atomic E-state index is 12.7. The fourth-order valence-corrected chi connectivity index (χ4v) is 3.14. The van der Waals surface area contributed by atoms with Crippen LogP contribution in [0.3, 0.4) is 0 Å². The van der Waals surface area contributed by atoms with Crippen molar-refractivity contribution in [2.75, 3.05) is 5.32 Å². The molecule has 0 aromatic carbocycles. The molecule has 1 atom stereocenters. The molecule has 0 spiro atoms. The van der Waals surface area contributed by atoms with Gasteiger partial charge >= 0.3 is 0 Å². The van der Waals surface area contributed by atoms with Gasteiger partial charge in [-0.1, -0.05) is 6.92 Å². The first kappa shape index (κ1) is 15.8. The maximum absolute atomic E-state index is 12.7. The first-order chi connectivity index (χ1) is 9.93. The summed E-state index contributed by atoms with van der Waals surface area (Å²) < 4.78 is 1.87. The highest BCUT2D eigenvalue weighted by molar-refractivity contribution is 7.14. The highest BCUT2D eigenvalue weighted by Crippen LogP contribution is 2.24. The zero-order valence-electron chi connectivity index (χ0n) is 13.3. The number of aromatic nitrogens is 2. The van der Waals surface area contributed by atoms with Gasteiger partial charge < -0.3 is 9.88 Å². The molecule has 114 valence electrons. The number of thiazole rings is 1. The van der Waals surface area contributed by atoms with Crippen molar-refractivity contribution in [2.45, 2.75) is 53.1 Å². The van der Waals surface area contributed by atoms with Crippen molar-refractivity contribution in [1.82, 2.24) is 9.55 Å². The standard InChI is InChI=1S/C16H23N3OS/c1-6-11(4)19-12(5)7-8-13(15(19)20)14-9-21-16(18-14)17-10(2)3/h7-11H,6H2,1-5H3,(H,17,18). The van der Waals surface area contributed by atoms with Crippen LogP contribution in [0.15, 0.2) is 22.3 Å². The van der Waals surface area contributed by atoms with E-state index >= 15 is 0 Å². The summed E-state index contributed by atoms with van der Waals surface area (Å²) in [5.41, 5.74) is 2.47. The van der Waals surface area contributed by atoms with E-state index in [1.807, 2.05) is 29.0 Å². The fourth-order valence-electron chi connectivity index (χ4n) is 2.28. The van der Waals surface area contributed by atoms with Gasteiger partial charge in [0.2, 0.25) is 0 Å². The highest BCUT2D eigenvalue weighted by Gasteiger charge is 2.14.